The molecule has 4 heteroatoms. The third kappa shape index (κ3) is 3.11. The van der Waals surface area contributed by atoms with Gasteiger partial charge in [0.2, 0.25) is 0 Å². The fourth-order valence-electron chi connectivity index (χ4n) is 3.45. The zero-order chi connectivity index (χ0) is 13.9. The van der Waals surface area contributed by atoms with E-state index in [1.165, 1.54) is 5.56 Å². The minimum Gasteiger partial charge on any atom is -0.508 e. The van der Waals surface area contributed by atoms with Crippen molar-refractivity contribution in [3.63, 3.8) is 0 Å². The van der Waals surface area contributed by atoms with Gasteiger partial charge in [-0.3, -0.25) is 4.90 Å². The maximum atomic E-state index is 9.81. The predicted octanol–water partition coefficient (Wildman–Crippen LogP) is 3.41. The van der Waals surface area contributed by atoms with Gasteiger partial charge in [-0.25, -0.2) is 0 Å². The highest BCUT2D eigenvalue weighted by Gasteiger charge is 2.40. The lowest BCUT2D eigenvalue weighted by atomic mass is 9.76. The highest BCUT2D eigenvalue weighted by Crippen LogP contribution is 2.40. The first-order chi connectivity index (χ1) is 9.11. The number of ether oxygens (including phenoxy) is 1. The summed E-state index contributed by atoms with van der Waals surface area (Å²) in [5.74, 6) is 0.835. The van der Waals surface area contributed by atoms with E-state index in [2.05, 4.69) is 31.7 Å². The molecule has 2 rings (SSSR count). The third-order valence-corrected chi connectivity index (χ3v) is 4.42. The molecule has 1 unspecified atom stereocenters. The van der Waals surface area contributed by atoms with Gasteiger partial charge in [-0.05, 0) is 30.0 Å². The average molecular weight is 300 g/mol. The van der Waals surface area contributed by atoms with Crippen LogP contribution < -0.4 is 0 Å². The minimum atomic E-state index is -0.0114. The van der Waals surface area contributed by atoms with Crippen LogP contribution in [-0.4, -0.2) is 36.3 Å². The quantitative estimate of drug-likeness (QED) is 0.925. The zero-order valence-electron chi connectivity index (χ0n) is 12.6. The van der Waals surface area contributed by atoms with Gasteiger partial charge in [0, 0.05) is 18.6 Å². The van der Waals surface area contributed by atoms with E-state index >= 15 is 0 Å². The highest BCUT2D eigenvalue weighted by molar-refractivity contribution is 5.85. The Balaban J connectivity index is 0.00000200. The Morgan fingerprint density at radius 2 is 1.95 bits per heavy atom. The van der Waals surface area contributed by atoms with Crippen molar-refractivity contribution in [1.82, 2.24) is 4.90 Å². The second-order valence-corrected chi connectivity index (χ2v) is 5.58. The zero-order valence-corrected chi connectivity index (χ0v) is 13.4. The van der Waals surface area contributed by atoms with Crippen LogP contribution in [0.4, 0.5) is 0 Å². The summed E-state index contributed by atoms with van der Waals surface area (Å²) in [6.07, 6.45) is 1.04. The first-order valence-electron chi connectivity index (χ1n) is 7.23. The van der Waals surface area contributed by atoms with Crippen LogP contribution in [0.15, 0.2) is 24.3 Å². The average Bonchev–Trinajstić information content (AvgIpc) is 2.41. The molecule has 0 aliphatic carbocycles. The third-order valence-electron chi connectivity index (χ3n) is 4.42. The van der Waals surface area contributed by atoms with Gasteiger partial charge in [-0.2, -0.15) is 0 Å². The normalized spacial score (nSPS) is 19.4. The molecule has 0 radical (unpaired) electrons. The highest BCUT2D eigenvalue weighted by atomic mass is 35.5. The van der Waals surface area contributed by atoms with E-state index in [4.69, 9.17) is 4.74 Å². The van der Waals surface area contributed by atoms with Gasteiger partial charge in [-0.15, -0.1) is 12.4 Å². The van der Waals surface area contributed by atoms with Crippen LogP contribution in [-0.2, 0) is 10.3 Å². The van der Waals surface area contributed by atoms with Gasteiger partial charge in [0.05, 0.1) is 13.2 Å². The van der Waals surface area contributed by atoms with Crippen molar-refractivity contribution in [3.05, 3.63) is 29.8 Å². The van der Waals surface area contributed by atoms with E-state index in [1.54, 1.807) is 6.07 Å². The number of phenols is 1. The number of halogens is 1. The molecule has 1 atom stereocenters. The summed E-state index contributed by atoms with van der Waals surface area (Å²) in [5.41, 5.74) is 1.20. The SMILES string of the molecule is CCC(c1cccc(O)c1)(C(C)C)N1CCOCC1.Cl. The second kappa shape index (κ2) is 7.30. The molecule has 0 aromatic heterocycles. The van der Waals surface area contributed by atoms with Gasteiger partial charge in [-0.1, -0.05) is 32.9 Å². The summed E-state index contributed by atoms with van der Waals surface area (Å²) < 4.78 is 5.49. The number of aromatic hydroxyl groups is 1. The lowest BCUT2D eigenvalue weighted by Gasteiger charge is -2.48. The topological polar surface area (TPSA) is 32.7 Å². The van der Waals surface area contributed by atoms with Gasteiger partial charge < -0.3 is 9.84 Å². The van der Waals surface area contributed by atoms with Gasteiger partial charge in [0.1, 0.15) is 5.75 Å². The lowest BCUT2D eigenvalue weighted by Crippen LogP contribution is -2.54. The van der Waals surface area contributed by atoms with Crippen LogP contribution in [0.3, 0.4) is 0 Å². The summed E-state index contributed by atoms with van der Waals surface area (Å²) >= 11 is 0. The molecule has 20 heavy (non-hydrogen) atoms. The smallest absolute Gasteiger partial charge is 0.115 e. The summed E-state index contributed by atoms with van der Waals surface area (Å²) in [5, 5.41) is 9.81. The first kappa shape index (κ1) is 17.3. The molecule has 1 aliphatic heterocycles. The monoisotopic (exact) mass is 299 g/mol. The van der Waals surface area contributed by atoms with E-state index in [-0.39, 0.29) is 17.9 Å². The Kier molecular flexibility index (Phi) is 6.31. The van der Waals surface area contributed by atoms with Gasteiger partial charge in [0.25, 0.3) is 0 Å². The van der Waals surface area contributed by atoms with Crippen LogP contribution >= 0.6 is 12.4 Å². The second-order valence-electron chi connectivity index (χ2n) is 5.58. The Bertz CT molecular complexity index is 419. The van der Waals surface area contributed by atoms with E-state index in [0.717, 1.165) is 32.7 Å². The molecule has 0 spiro atoms. The standard InChI is InChI=1S/C16H25NO2.ClH/c1-4-16(13(2)3,17-8-10-19-11-9-17)14-6-5-7-15(18)12-14;/h5-7,12-13,18H,4,8-11H2,1-3H3;1H. The molecule has 1 saturated heterocycles. The molecule has 3 nitrogen and oxygen atoms in total. The van der Waals surface area contributed by atoms with Crippen LogP contribution in [0.1, 0.15) is 32.8 Å². The van der Waals surface area contributed by atoms with Crippen molar-refractivity contribution >= 4 is 12.4 Å². The largest absolute Gasteiger partial charge is 0.508 e. The Morgan fingerprint density at radius 1 is 1.30 bits per heavy atom. The fraction of sp³-hybridized carbons (Fsp3) is 0.625. The lowest BCUT2D eigenvalue weighted by molar-refractivity contribution is -0.0470. The van der Waals surface area contributed by atoms with E-state index in [0.29, 0.717) is 11.7 Å². The van der Waals surface area contributed by atoms with Crippen molar-refractivity contribution in [2.45, 2.75) is 32.7 Å². The van der Waals surface area contributed by atoms with Crippen molar-refractivity contribution in [2.24, 2.45) is 5.92 Å². The summed E-state index contributed by atoms with van der Waals surface area (Å²) in [6.45, 7) is 10.3. The van der Waals surface area contributed by atoms with Crippen molar-refractivity contribution in [2.75, 3.05) is 26.3 Å². The van der Waals surface area contributed by atoms with Crippen LogP contribution in [0.25, 0.3) is 0 Å². The van der Waals surface area contributed by atoms with Crippen molar-refractivity contribution < 1.29 is 9.84 Å². The molecule has 1 aliphatic rings. The van der Waals surface area contributed by atoms with Crippen molar-refractivity contribution in [1.29, 1.82) is 0 Å². The number of hydrogen-bond donors (Lipinski definition) is 1. The van der Waals surface area contributed by atoms with Crippen LogP contribution in [0.5, 0.6) is 5.75 Å². The number of benzene rings is 1. The van der Waals surface area contributed by atoms with E-state index in [9.17, 15) is 5.11 Å². The summed E-state index contributed by atoms with van der Waals surface area (Å²) in [6, 6.07) is 7.74. The number of morpholine rings is 1. The molecule has 0 bridgehead atoms. The fourth-order valence-corrected chi connectivity index (χ4v) is 3.45. The molecule has 1 fully saturated rings. The molecule has 0 amide bonds. The van der Waals surface area contributed by atoms with Crippen molar-refractivity contribution in [3.8, 4) is 5.75 Å². The molecule has 114 valence electrons. The maximum Gasteiger partial charge on any atom is 0.115 e. The maximum absolute atomic E-state index is 9.81. The summed E-state index contributed by atoms with van der Waals surface area (Å²) in [4.78, 5) is 2.52. The molecule has 1 aromatic carbocycles. The predicted molar refractivity (Wildman–Crippen MR) is 84.6 cm³/mol. The number of phenolic OH excluding ortho intramolecular Hbond substituents is 1. The van der Waals surface area contributed by atoms with Crippen LogP contribution in [0, 0.1) is 5.92 Å². The number of rotatable bonds is 4. The Morgan fingerprint density at radius 3 is 2.45 bits per heavy atom. The first-order valence-corrected chi connectivity index (χ1v) is 7.23. The minimum absolute atomic E-state index is 0. The van der Waals surface area contributed by atoms with Crippen LogP contribution in [0.2, 0.25) is 0 Å². The Labute approximate surface area is 128 Å². The van der Waals surface area contributed by atoms with E-state index in [1.807, 2.05) is 12.1 Å². The Hall–Kier alpha value is -0.770. The van der Waals surface area contributed by atoms with Gasteiger partial charge >= 0.3 is 0 Å². The molecular weight excluding hydrogens is 274 g/mol. The molecule has 1 heterocycles. The molecular formula is C16H26ClNO2. The molecule has 1 aromatic rings. The number of nitrogens with zero attached hydrogens (tertiary/aromatic N) is 1. The van der Waals surface area contributed by atoms with E-state index < -0.39 is 0 Å². The molecule has 1 N–H and O–H groups in total. The van der Waals surface area contributed by atoms with Gasteiger partial charge in [0.15, 0.2) is 0 Å². The summed E-state index contributed by atoms with van der Waals surface area (Å²) in [7, 11) is 0. The molecule has 0 saturated carbocycles. The number of hydrogen-bond acceptors (Lipinski definition) is 3.